The first-order valence-electron chi connectivity index (χ1n) is 6.50. The number of urea groups is 1. The number of amides is 3. The smallest absolute Gasteiger partial charge is 0.315 e. The van der Waals surface area contributed by atoms with Crippen molar-refractivity contribution in [2.24, 2.45) is 0 Å². The van der Waals surface area contributed by atoms with E-state index in [0.717, 1.165) is 5.56 Å². The van der Waals surface area contributed by atoms with Crippen LogP contribution in [0.25, 0.3) is 5.82 Å². The molecule has 108 valence electrons. The summed E-state index contributed by atoms with van der Waals surface area (Å²) < 4.78 is 1.64. The van der Waals surface area contributed by atoms with Crippen LogP contribution in [0.5, 0.6) is 0 Å². The molecule has 0 bridgehead atoms. The van der Waals surface area contributed by atoms with Crippen molar-refractivity contribution in [1.29, 1.82) is 0 Å². The number of hydrogen-bond acceptors (Lipinski definition) is 4. The molecule has 21 heavy (non-hydrogen) atoms. The van der Waals surface area contributed by atoms with Gasteiger partial charge in [0.25, 0.3) is 0 Å². The second-order valence-electron chi connectivity index (χ2n) is 4.56. The SMILES string of the molecule is O=C1NC[C@H](C(=O)NCc2cccnc2-n2cccn2)N1. The van der Waals surface area contributed by atoms with Crippen LogP contribution in [-0.4, -0.2) is 39.3 Å². The summed E-state index contributed by atoms with van der Waals surface area (Å²) in [6, 6.07) is 4.61. The van der Waals surface area contributed by atoms with Crippen LogP contribution in [0.15, 0.2) is 36.8 Å². The quantitative estimate of drug-likeness (QED) is 0.709. The fourth-order valence-electron chi connectivity index (χ4n) is 2.09. The van der Waals surface area contributed by atoms with Crippen LogP contribution in [0.1, 0.15) is 5.56 Å². The maximum Gasteiger partial charge on any atom is 0.315 e. The number of pyridine rings is 1. The second-order valence-corrected chi connectivity index (χ2v) is 4.56. The monoisotopic (exact) mass is 286 g/mol. The number of hydrogen-bond donors (Lipinski definition) is 3. The minimum Gasteiger partial charge on any atom is -0.350 e. The van der Waals surface area contributed by atoms with Crippen molar-refractivity contribution in [3.8, 4) is 5.82 Å². The highest BCUT2D eigenvalue weighted by Gasteiger charge is 2.26. The zero-order valence-corrected chi connectivity index (χ0v) is 11.1. The van der Waals surface area contributed by atoms with Crippen molar-refractivity contribution in [2.75, 3.05) is 6.54 Å². The van der Waals surface area contributed by atoms with Crippen LogP contribution < -0.4 is 16.0 Å². The summed E-state index contributed by atoms with van der Waals surface area (Å²) in [5, 5.41) is 12.0. The molecule has 2 aromatic heterocycles. The molecule has 2 aromatic rings. The van der Waals surface area contributed by atoms with Gasteiger partial charge in [0.1, 0.15) is 6.04 Å². The first kappa shape index (κ1) is 13.1. The largest absolute Gasteiger partial charge is 0.350 e. The molecule has 0 saturated carbocycles. The third-order valence-corrected chi connectivity index (χ3v) is 3.13. The normalized spacial score (nSPS) is 17.1. The van der Waals surface area contributed by atoms with Crippen molar-refractivity contribution in [2.45, 2.75) is 12.6 Å². The second kappa shape index (κ2) is 5.61. The minimum absolute atomic E-state index is 0.233. The number of carbonyl (C=O) groups excluding carboxylic acids is 2. The predicted octanol–water partition coefficient (Wildman–Crippen LogP) is -0.435. The number of nitrogens with zero attached hydrogens (tertiary/aromatic N) is 3. The van der Waals surface area contributed by atoms with Crippen LogP contribution in [0.2, 0.25) is 0 Å². The zero-order valence-electron chi connectivity index (χ0n) is 11.1. The van der Waals surface area contributed by atoms with E-state index < -0.39 is 6.04 Å². The van der Waals surface area contributed by atoms with E-state index >= 15 is 0 Å². The van der Waals surface area contributed by atoms with Crippen LogP contribution in [0, 0.1) is 0 Å². The van der Waals surface area contributed by atoms with Crippen molar-refractivity contribution >= 4 is 11.9 Å². The van der Waals surface area contributed by atoms with E-state index in [1.807, 2.05) is 6.07 Å². The molecule has 3 amide bonds. The summed E-state index contributed by atoms with van der Waals surface area (Å²) in [5.41, 5.74) is 0.840. The molecule has 3 heterocycles. The molecule has 3 N–H and O–H groups in total. The molecule has 0 aliphatic carbocycles. The maximum atomic E-state index is 12.0. The molecular formula is C13H14N6O2. The Hall–Kier alpha value is -2.90. The lowest BCUT2D eigenvalue weighted by atomic mass is 10.2. The lowest BCUT2D eigenvalue weighted by molar-refractivity contribution is -0.122. The molecule has 0 aromatic carbocycles. The van der Waals surface area contributed by atoms with Crippen molar-refractivity contribution < 1.29 is 9.59 Å². The van der Waals surface area contributed by atoms with Gasteiger partial charge in [-0.3, -0.25) is 4.79 Å². The summed E-state index contributed by atoms with van der Waals surface area (Å²) in [4.78, 5) is 27.2. The highest BCUT2D eigenvalue weighted by atomic mass is 16.2. The predicted molar refractivity (Wildman–Crippen MR) is 73.5 cm³/mol. The number of nitrogens with one attached hydrogen (secondary N) is 3. The molecule has 1 atom stereocenters. The van der Waals surface area contributed by atoms with Gasteiger partial charge in [0.05, 0.1) is 0 Å². The summed E-state index contributed by atoms with van der Waals surface area (Å²) in [6.45, 7) is 0.609. The van der Waals surface area contributed by atoms with Gasteiger partial charge < -0.3 is 16.0 Å². The van der Waals surface area contributed by atoms with Gasteiger partial charge in [0.15, 0.2) is 5.82 Å². The topological polar surface area (TPSA) is 101 Å². The Morgan fingerprint density at radius 1 is 1.43 bits per heavy atom. The molecule has 1 aliphatic heterocycles. The molecule has 0 unspecified atom stereocenters. The van der Waals surface area contributed by atoms with Crippen molar-refractivity contribution in [3.63, 3.8) is 0 Å². The van der Waals surface area contributed by atoms with Gasteiger partial charge in [-0.15, -0.1) is 0 Å². The lowest BCUT2D eigenvalue weighted by Crippen LogP contribution is -2.42. The van der Waals surface area contributed by atoms with E-state index in [1.165, 1.54) is 0 Å². The summed E-state index contributed by atoms with van der Waals surface area (Å²) in [6.07, 6.45) is 5.12. The third-order valence-electron chi connectivity index (χ3n) is 3.13. The Labute approximate surface area is 120 Å². The molecule has 0 spiro atoms. The van der Waals surface area contributed by atoms with Crippen LogP contribution in [-0.2, 0) is 11.3 Å². The van der Waals surface area contributed by atoms with Gasteiger partial charge in [-0.1, -0.05) is 6.07 Å². The van der Waals surface area contributed by atoms with Crippen molar-refractivity contribution in [3.05, 3.63) is 42.4 Å². The Bertz CT molecular complexity index is 654. The molecule has 8 heteroatoms. The number of aromatic nitrogens is 3. The first-order valence-corrected chi connectivity index (χ1v) is 6.50. The van der Waals surface area contributed by atoms with Crippen LogP contribution in [0.4, 0.5) is 4.79 Å². The number of carbonyl (C=O) groups is 2. The lowest BCUT2D eigenvalue weighted by Gasteiger charge is -2.12. The van der Waals surface area contributed by atoms with E-state index in [2.05, 4.69) is 26.0 Å². The van der Waals surface area contributed by atoms with E-state index in [4.69, 9.17) is 0 Å². The van der Waals surface area contributed by atoms with Gasteiger partial charge in [0, 0.05) is 37.2 Å². The van der Waals surface area contributed by atoms with Gasteiger partial charge in [-0.2, -0.15) is 5.10 Å². The van der Waals surface area contributed by atoms with E-state index in [0.29, 0.717) is 18.9 Å². The number of rotatable bonds is 4. The maximum absolute atomic E-state index is 12.0. The summed E-state index contributed by atoms with van der Waals surface area (Å²) in [5.74, 6) is 0.431. The third kappa shape index (κ3) is 2.83. The molecule has 1 aliphatic rings. The van der Waals surface area contributed by atoms with E-state index in [9.17, 15) is 9.59 Å². The minimum atomic E-state index is -0.540. The molecule has 1 fully saturated rings. The fourth-order valence-corrected chi connectivity index (χ4v) is 2.09. The fraction of sp³-hybridized carbons (Fsp3) is 0.231. The average Bonchev–Trinajstić information content (AvgIpc) is 3.16. The molecule has 1 saturated heterocycles. The Kier molecular flexibility index (Phi) is 3.50. The van der Waals surface area contributed by atoms with E-state index in [-0.39, 0.29) is 11.9 Å². The van der Waals surface area contributed by atoms with E-state index in [1.54, 1.807) is 35.4 Å². The van der Waals surface area contributed by atoms with Gasteiger partial charge in [0.2, 0.25) is 5.91 Å². The van der Waals surface area contributed by atoms with Gasteiger partial charge >= 0.3 is 6.03 Å². The molecule has 8 nitrogen and oxygen atoms in total. The Morgan fingerprint density at radius 3 is 3.05 bits per heavy atom. The summed E-state index contributed by atoms with van der Waals surface area (Å²) >= 11 is 0. The molecule has 3 rings (SSSR count). The standard InChI is InChI=1S/C13H14N6O2/c20-12(10-8-16-13(21)18-10)15-7-9-3-1-4-14-11(9)19-6-2-5-17-19/h1-6,10H,7-8H2,(H,15,20)(H2,16,18,21)/t10-/m1/s1. The van der Waals surface area contributed by atoms with Crippen molar-refractivity contribution in [1.82, 2.24) is 30.7 Å². The molecule has 0 radical (unpaired) electrons. The summed E-state index contributed by atoms with van der Waals surface area (Å²) in [7, 11) is 0. The zero-order chi connectivity index (χ0) is 14.7. The first-order chi connectivity index (χ1) is 10.2. The van der Waals surface area contributed by atoms with Gasteiger partial charge in [-0.25, -0.2) is 14.5 Å². The Morgan fingerprint density at radius 2 is 2.33 bits per heavy atom. The van der Waals surface area contributed by atoms with Gasteiger partial charge in [-0.05, 0) is 12.1 Å². The highest BCUT2D eigenvalue weighted by Crippen LogP contribution is 2.09. The average molecular weight is 286 g/mol. The Balaban J connectivity index is 1.68. The highest BCUT2D eigenvalue weighted by molar-refractivity contribution is 5.90. The van der Waals surface area contributed by atoms with Crippen LogP contribution in [0.3, 0.4) is 0 Å². The molecular weight excluding hydrogens is 272 g/mol. The van der Waals surface area contributed by atoms with Crippen LogP contribution >= 0.6 is 0 Å².